The van der Waals surface area contributed by atoms with Crippen LogP contribution < -0.4 is 10.5 Å². The molecule has 0 aromatic heterocycles. The summed E-state index contributed by atoms with van der Waals surface area (Å²) in [6.45, 7) is 6.18. The highest BCUT2D eigenvalue weighted by molar-refractivity contribution is 7.89. The number of likely N-dealkylation sites (tertiary alicyclic amines) is 1. The summed E-state index contributed by atoms with van der Waals surface area (Å²) in [4.78, 5) is 2.54. The number of nitrogens with one attached hydrogen (secondary N) is 1. The third-order valence-corrected chi connectivity index (χ3v) is 5.40. The molecule has 2 atom stereocenters. The first-order chi connectivity index (χ1) is 9.79. The molecule has 0 spiro atoms. The van der Waals surface area contributed by atoms with E-state index < -0.39 is 10.0 Å². The van der Waals surface area contributed by atoms with Crippen LogP contribution in [-0.2, 0) is 10.0 Å². The van der Waals surface area contributed by atoms with Crippen LogP contribution in [0.15, 0.2) is 23.1 Å². The van der Waals surface area contributed by atoms with E-state index in [9.17, 15) is 8.42 Å². The third-order valence-electron chi connectivity index (χ3n) is 4.34. The quantitative estimate of drug-likeness (QED) is 0.889. The first-order valence-corrected chi connectivity index (χ1v) is 8.91. The van der Waals surface area contributed by atoms with Gasteiger partial charge in [0.15, 0.2) is 0 Å². The van der Waals surface area contributed by atoms with E-state index in [2.05, 4.69) is 24.2 Å². The molecule has 1 aromatic carbocycles. The fourth-order valence-corrected chi connectivity index (χ4v) is 3.86. The number of rotatable bonds is 4. The van der Waals surface area contributed by atoms with Crippen LogP contribution >= 0.6 is 0 Å². The molecule has 2 rings (SSSR count). The zero-order valence-electron chi connectivity index (χ0n) is 13.0. The van der Waals surface area contributed by atoms with Gasteiger partial charge in [-0.2, -0.15) is 0 Å². The summed E-state index contributed by atoms with van der Waals surface area (Å²) in [6, 6.07) is 5.48. The molecule has 3 N–H and O–H groups in total. The predicted molar refractivity (Wildman–Crippen MR) is 85.9 cm³/mol. The Morgan fingerprint density at radius 1 is 1.43 bits per heavy atom. The largest absolute Gasteiger partial charge is 0.382 e. The van der Waals surface area contributed by atoms with Crippen LogP contribution in [0.3, 0.4) is 0 Å². The monoisotopic (exact) mass is 311 g/mol. The fraction of sp³-hybridized carbons (Fsp3) is 0.600. The van der Waals surface area contributed by atoms with Gasteiger partial charge < -0.3 is 10.2 Å². The highest BCUT2D eigenvalue weighted by atomic mass is 32.2. The van der Waals surface area contributed by atoms with Gasteiger partial charge in [0.25, 0.3) is 0 Å². The maximum atomic E-state index is 11.6. The summed E-state index contributed by atoms with van der Waals surface area (Å²) in [7, 11) is -1.53. The predicted octanol–water partition coefficient (Wildman–Crippen LogP) is 1.78. The van der Waals surface area contributed by atoms with Gasteiger partial charge in [-0.25, -0.2) is 13.6 Å². The smallest absolute Gasteiger partial charge is 0.238 e. The summed E-state index contributed by atoms with van der Waals surface area (Å²) in [6.07, 6.45) is 2.41. The second-order valence-electron chi connectivity index (χ2n) is 6.07. The molecule has 1 fully saturated rings. The molecule has 0 aliphatic carbocycles. The molecule has 1 aliphatic rings. The summed E-state index contributed by atoms with van der Waals surface area (Å²) in [5.41, 5.74) is 1.54. The van der Waals surface area contributed by atoms with E-state index >= 15 is 0 Å². The molecule has 21 heavy (non-hydrogen) atoms. The number of sulfonamides is 1. The van der Waals surface area contributed by atoms with Crippen LogP contribution in [0.25, 0.3) is 0 Å². The number of hydrogen-bond acceptors (Lipinski definition) is 4. The lowest BCUT2D eigenvalue weighted by Crippen LogP contribution is -2.40. The number of piperidine rings is 1. The molecule has 1 aliphatic heterocycles. The van der Waals surface area contributed by atoms with Crippen molar-refractivity contribution in [1.29, 1.82) is 0 Å². The number of nitrogens with two attached hydrogens (primary N) is 1. The van der Waals surface area contributed by atoms with Gasteiger partial charge in [-0.1, -0.05) is 6.07 Å². The van der Waals surface area contributed by atoms with Crippen molar-refractivity contribution < 1.29 is 8.42 Å². The molecule has 6 heteroatoms. The minimum Gasteiger partial charge on any atom is -0.382 e. The lowest BCUT2D eigenvalue weighted by molar-refractivity contribution is 0.197. The third kappa shape index (κ3) is 3.96. The Kier molecular flexibility index (Phi) is 4.91. The van der Waals surface area contributed by atoms with E-state index in [1.165, 1.54) is 12.8 Å². The molecule has 2 unspecified atom stereocenters. The van der Waals surface area contributed by atoms with Crippen molar-refractivity contribution in [3.05, 3.63) is 23.8 Å². The first kappa shape index (κ1) is 16.3. The first-order valence-electron chi connectivity index (χ1n) is 7.36. The van der Waals surface area contributed by atoms with Crippen LogP contribution in [0.5, 0.6) is 0 Å². The zero-order valence-corrected chi connectivity index (χ0v) is 13.8. The standard InChI is InChI=1S/C15H25N3O2S/c1-11-14(7-4-8-15(11)21(16,19)20)17-12(2)13-6-5-9-18(3)10-13/h4,7-8,12-13,17H,5-6,9-10H2,1-3H3,(H2,16,19,20). The number of benzene rings is 1. The molecule has 0 bridgehead atoms. The Morgan fingerprint density at radius 3 is 2.76 bits per heavy atom. The van der Waals surface area contributed by atoms with Crippen molar-refractivity contribution in [3.63, 3.8) is 0 Å². The lowest BCUT2D eigenvalue weighted by atomic mass is 9.91. The molecule has 0 radical (unpaired) electrons. The van der Waals surface area contributed by atoms with Crippen LogP contribution in [0.4, 0.5) is 5.69 Å². The maximum absolute atomic E-state index is 11.6. The molecular formula is C15H25N3O2S. The van der Waals surface area contributed by atoms with Gasteiger partial charge >= 0.3 is 0 Å². The fourth-order valence-electron chi connectivity index (χ4n) is 3.06. The van der Waals surface area contributed by atoms with E-state index in [0.717, 1.165) is 18.8 Å². The van der Waals surface area contributed by atoms with Gasteiger partial charge in [0.2, 0.25) is 10.0 Å². The number of hydrogen-bond donors (Lipinski definition) is 2. The molecular weight excluding hydrogens is 286 g/mol. The van der Waals surface area contributed by atoms with Crippen molar-refractivity contribution in [1.82, 2.24) is 4.90 Å². The number of primary sulfonamides is 1. The van der Waals surface area contributed by atoms with E-state index in [-0.39, 0.29) is 4.90 Å². The average molecular weight is 311 g/mol. The highest BCUT2D eigenvalue weighted by Gasteiger charge is 2.23. The Bertz CT molecular complexity index is 601. The Morgan fingerprint density at radius 2 is 2.14 bits per heavy atom. The average Bonchev–Trinajstić information content (AvgIpc) is 2.39. The Labute approximate surface area is 127 Å². The van der Waals surface area contributed by atoms with Crippen molar-refractivity contribution in [3.8, 4) is 0 Å². The highest BCUT2D eigenvalue weighted by Crippen LogP contribution is 2.26. The topological polar surface area (TPSA) is 75.4 Å². The zero-order chi connectivity index (χ0) is 15.6. The van der Waals surface area contributed by atoms with Gasteiger partial charge in [0.1, 0.15) is 0 Å². The molecule has 5 nitrogen and oxygen atoms in total. The molecule has 118 valence electrons. The summed E-state index contributed by atoms with van der Waals surface area (Å²) >= 11 is 0. The second kappa shape index (κ2) is 6.34. The maximum Gasteiger partial charge on any atom is 0.238 e. The number of anilines is 1. The second-order valence-corrected chi connectivity index (χ2v) is 7.60. The minimum absolute atomic E-state index is 0.195. The molecule has 1 aromatic rings. The van der Waals surface area contributed by atoms with Crippen LogP contribution in [0.1, 0.15) is 25.3 Å². The van der Waals surface area contributed by atoms with Gasteiger partial charge in [0.05, 0.1) is 4.90 Å². The summed E-state index contributed by atoms with van der Waals surface area (Å²) in [5, 5.41) is 8.72. The molecule has 1 saturated heterocycles. The van der Waals surface area contributed by atoms with Crippen molar-refractivity contribution in [2.75, 3.05) is 25.5 Å². The van der Waals surface area contributed by atoms with Gasteiger partial charge in [-0.3, -0.25) is 0 Å². The molecule has 1 heterocycles. The Balaban J connectivity index is 2.16. The lowest BCUT2D eigenvalue weighted by Gasteiger charge is -2.34. The minimum atomic E-state index is -3.67. The van der Waals surface area contributed by atoms with E-state index in [0.29, 0.717) is 17.5 Å². The normalized spacial score (nSPS) is 22.0. The molecule has 0 amide bonds. The van der Waals surface area contributed by atoms with Gasteiger partial charge in [-0.15, -0.1) is 0 Å². The van der Waals surface area contributed by atoms with Crippen molar-refractivity contribution in [2.45, 2.75) is 37.6 Å². The number of nitrogens with zero attached hydrogens (tertiary/aromatic N) is 1. The van der Waals surface area contributed by atoms with E-state index in [1.807, 2.05) is 6.07 Å². The van der Waals surface area contributed by atoms with Gasteiger partial charge in [0, 0.05) is 18.3 Å². The van der Waals surface area contributed by atoms with Crippen LogP contribution in [-0.4, -0.2) is 39.5 Å². The van der Waals surface area contributed by atoms with E-state index in [4.69, 9.17) is 5.14 Å². The van der Waals surface area contributed by atoms with Crippen LogP contribution in [0.2, 0.25) is 0 Å². The Hall–Kier alpha value is -1.11. The van der Waals surface area contributed by atoms with Gasteiger partial charge in [-0.05, 0) is 63.9 Å². The SMILES string of the molecule is Cc1c(NC(C)C2CCCN(C)C2)cccc1S(N)(=O)=O. The summed E-state index contributed by atoms with van der Waals surface area (Å²) in [5.74, 6) is 0.571. The summed E-state index contributed by atoms with van der Waals surface area (Å²) < 4.78 is 23.2. The van der Waals surface area contributed by atoms with Crippen molar-refractivity contribution in [2.24, 2.45) is 11.1 Å². The molecule has 0 saturated carbocycles. The van der Waals surface area contributed by atoms with Crippen LogP contribution in [0, 0.1) is 12.8 Å². The van der Waals surface area contributed by atoms with Crippen molar-refractivity contribution >= 4 is 15.7 Å². The van der Waals surface area contributed by atoms with E-state index in [1.54, 1.807) is 19.1 Å².